The van der Waals surface area contributed by atoms with Crippen molar-refractivity contribution < 1.29 is 19.1 Å². The number of fused-ring (bicyclic) bond motifs is 6. The highest BCUT2D eigenvalue weighted by Crippen LogP contribution is 2.52. The van der Waals surface area contributed by atoms with E-state index >= 15 is 0 Å². The van der Waals surface area contributed by atoms with Gasteiger partial charge in [-0.1, -0.05) is 30.4 Å². The molecule has 1 aromatic carbocycles. The van der Waals surface area contributed by atoms with Crippen molar-refractivity contribution >= 4 is 34.9 Å². The summed E-state index contributed by atoms with van der Waals surface area (Å²) in [5.41, 5.74) is 2.48. The lowest BCUT2D eigenvalue weighted by Gasteiger charge is -2.16. The molecule has 0 unspecified atom stereocenters. The largest absolute Gasteiger partial charge is 0.464 e. The molecule has 2 aromatic rings. The Morgan fingerprint density at radius 3 is 2.48 bits per heavy atom. The number of carbonyl (C=O) groups excluding carboxylic acids is 3. The van der Waals surface area contributed by atoms with Crippen LogP contribution >= 0.6 is 0 Å². The van der Waals surface area contributed by atoms with Crippen LogP contribution in [0.15, 0.2) is 41.5 Å². The van der Waals surface area contributed by atoms with Gasteiger partial charge in [0.25, 0.3) is 11.8 Å². The Balaban J connectivity index is 1.51. The summed E-state index contributed by atoms with van der Waals surface area (Å²) >= 11 is 0. The number of imide groups is 1. The quantitative estimate of drug-likeness (QED) is 0.323. The molecule has 0 radical (unpaired) electrons. The zero-order valence-electron chi connectivity index (χ0n) is 17.8. The van der Waals surface area contributed by atoms with Crippen molar-refractivity contribution in [1.29, 1.82) is 0 Å². The van der Waals surface area contributed by atoms with Crippen LogP contribution in [0.2, 0.25) is 0 Å². The summed E-state index contributed by atoms with van der Waals surface area (Å²) in [4.78, 5) is 38.2. The van der Waals surface area contributed by atoms with Crippen LogP contribution in [-0.2, 0) is 19.1 Å². The molecule has 2 aliphatic carbocycles. The number of nitrogens with zero attached hydrogens (tertiary/aromatic N) is 3. The number of para-hydroxylation sites is 1. The van der Waals surface area contributed by atoms with Gasteiger partial charge >= 0.3 is 5.97 Å². The monoisotopic (exact) mass is 419 g/mol. The summed E-state index contributed by atoms with van der Waals surface area (Å²) < 4.78 is 7.13. The Kier molecular flexibility index (Phi) is 4.57. The fourth-order valence-corrected chi connectivity index (χ4v) is 5.56. The minimum Gasteiger partial charge on any atom is -0.464 e. The predicted molar refractivity (Wildman–Crippen MR) is 115 cm³/mol. The molecule has 31 heavy (non-hydrogen) atoms. The number of hydrazone groups is 1. The van der Waals surface area contributed by atoms with Crippen LogP contribution in [0.5, 0.6) is 0 Å². The van der Waals surface area contributed by atoms with Gasteiger partial charge in [-0.2, -0.15) is 10.1 Å². The molecule has 2 amide bonds. The van der Waals surface area contributed by atoms with Gasteiger partial charge in [0.05, 0.1) is 24.7 Å². The van der Waals surface area contributed by atoms with Crippen LogP contribution in [0.4, 0.5) is 0 Å². The predicted octanol–water partition coefficient (Wildman–Crippen LogP) is 3.21. The number of allylic oxidation sites excluding steroid dienone is 2. The molecule has 3 aliphatic rings. The molecule has 1 saturated heterocycles. The molecule has 1 saturated carbocycles. The average molecular weight is 419 g/mol. The topological polar surface area (TPSA) is 81.0 Å². The molecule has 2 fully saturated rings. The van der Waals surface area contributed by atoms with Gasteiger partial charge in [0.2, 0.25) is 0 Å². The number of hydrogen-bond acceptors (Lipinski definition) is 5. The van der Waals surface area contributed by atoms with Crippen molar-refractivity contribution in [2.45, 2.75) is 33.2 Å². The molecular weight excluding hydrogens is 394 g/mol. The summed E-state index contributed by atoms with van der Waals surface area (Å²) in [6.45, 7) is 5.80. The fraction of sp³-hybridized carbons (Fsp3) is 0.417. The highest BCUT2D eigenvalue weighted by atomic mass is 16.5. The standard InChI is InChI=1S/C24H25N3O4/c1-4-31-24(30)14(3)26-13(2)18(17-7-5-6-8-19(17)26)12-25-27-22(28)20-15-9-10-16(11-15)21(20)23(27)29/h5-10,12,14-16,20-21H,4,11H2,1-3H3/t14-,15-,16-,20-,21+/m0/s1. The highest BCUT2D eigenvalue weighted by Gasteiger charge is 2.59. The molecule has 5 rings (SSSR count). The molecule has 0 spiro atoms. The van der Waals surface area contributed by atoms with E-state index < -0.39 is 6.04 Å². The van der Waals surface area contributed by atoms with E-state index in [0.29, 0.717) is 6.61 Å². The van der Waals surface area contributed by atoms with Crippen molar-refractivity contribution in [1.82, 2.24) is 9.58 Å². The zero-order valence-corrected chi connectivity index (χ0v) is 17.8. The second kappa shape index (κ2) is 7.18. The van der Waals surface area contributed by atoms with E-state index in [-0.39, 0.29) is 41.5 Å². The van der Waals surface area contributed by atoms with Crippen LogP contribution in [0.1, 0.15) is 37.6 Å². The molecule has 5 atom stereocenters. The lowest BCUT2D eigenvalue weighted by molar-refractivity contribution is -0.146. The van der Waals surface area contributed by atoms with Gasteiger partial charge in [-0.15, -0.1) is 0 Å². The number of aromatic nitrogens is 1. The van der Waals surface area contributed by atoms with Crippen molar-refractivity contribution in [3.05, 3.63) is 47.7 Å². The van der Waals surface area contributed by atoms with Gasteiger partial charge < -0.3 is 9.30 Å². The third kappa shape index (κ3) is 2.79. The van der Waals surface area contributed by atoms with E-state index in [1.54, 1.807) is 20.1 Å². The third-order valence-electron chi connectivity index (χ3n) is 6.97. The van der Waals surface area contributed by atoms with Gasteiger partial charge in [0.15, 0.2) is 0 Å². The number of esters is 1. The van der Waals surface area contributed by atoms with E-state index in [1.165, 1.54) is 0 Å². The summed E-state index contributed by atoms with van der Waals surface area (Å²) in [6, 6.07) is 7.20. The van der Waals surface area contributed by atoms with Gasteiger partial charge in [0.1, 0.15) is 6.04 Å². The van der Waals surface area contributed by atoms with Gasteiger partial charge in [0, 0.05) is 22.2 Å². The first-order valence-corrected chi connectivity index (χ1v) is 10.8. The molecule has 1 aromatic heterocycles. The van der Waals surface area contributed by atoms with Gasteiger partial charge in [-0.05, 0) is 45.1 Å². The van der Waals surface area contributed by atoms with Crippen LogP contribution in [0, 0.1) is 30.6 Å². The Labute approximate surface area is 180 Å². The summed E-state index contributed by atoms with van der Waals surface area (Å²) in [5.74, 6) is -0.956. The zero-order chi connectivity index (χ0) is 21.9. The number of ether oxygens (including phenoxy) is 1. The summed E-state index contributed by atoms with van der Waals surface area (Å²) in [7, 11) is 0. The van der Waals surface area contributed by atoms with Crippen molar-refractivity contribution in [3.8, 4) is 0 Å². The molecule has 0 N–H and O–H groups in total. The summed E-state index contributed by atoms with van der Waals surface area (Å²) in [6.07, 6.45) is 6.61. The van der Waals surface area contributed by atoms with E-state index in [1.807, 2.05) is 35.8 Å². The van der Waals surface area contributed by atoms with Crippen LogP contribution in [0.25, 0.3) is 10.9 Å². The number of carbonyl (C=O) groups is 3. The molecule has 2 bridgehead atoms. The molecule has 2 heterocycles. The molecular formula is C24H25N3O4. The molecule has 1 aliphatic heterocycles. The number of amides is 2. The summed E-state index contributed by atoms with van der Waals surface area (Å²) in [5, 5.41) is 6.31. The lowest BCUT2D eigenvalue weighted by Crippen LogP contribution is -2.28. The van der Waals surface area contributed by atoms with Gasteiger partial charge in [-0.25, -0.2) is 4.79 Å². The Bertz CT molecular complexity index is 1130. The minimum atomic E-state index is -0.511. The van der Waals surface area contributed by atoms with Crippen LogP contribution < -0.4 is 0 Å². The SMILES string of the molecule is CCOC(=O)[C@H](C)n1c(C)c(C=NN2C(=O)[C@@H]3[C@H](C2=O)[C@H]2C=C[C@H]3C2)c2ccccc21. The number of hydrogen-bond donors (Lipinski definition) is 0. The van der Waals surface area contributed by atoms with E-state index in [2.05, 4.69) is 17.3 Å². The third-order valence-corrected chi connectivity index (χ3v) is 6.97. The van der Waals surface area contributed by atoms with E-state index in [0.717, 1.165) is 33.6 Å². The van der Waals surface area contributed by atoms with E-state index in [9.17, 15) is 14.4 Å². The second-order valence-corrected chi connectivity index (χ2v) is 8.55. The molecule has 7 nitrogen and oxygen atoms in total. The minimum absolute atomic E-state index is 0.153. The first-order chi connectivity index (χ1) is 14.9. The number of benzene rings is 1. The Morgan fingerprint density at radius 1 is 1.19 bits per heavy atom. The first-order valence-electron chi connectivity index (χ1n) is 10.8. The smallest absolute Gasteiger partial charge is 0.328 e. The van der Waals surface area contributed by atoms with E-state index in [4.69, 9.17) is 4.74 Å². The van der Waals surface area contributed by atoms with Crippen molar-refractivity contribution in [3.63, 3.8) is 0 Å². The van der Waals surface area contributed by atoms with Gasteiger partial charge in [-0.3, -0.25) is 9.59 Å². The maximum Gasteiger partial charge on any atom is 0.328 e. The molecule has 160 valence electrons. The van der Waals surface area contributed by atoms with Crippen LogP contribution in [-0.4, -0.2) is 40.2 Å². The second-order valence-electron chi connectivity index (χ2n) is 8.55. The highest BCUT2D eigenvalue weighted by molar-refractivity contribution is 6.08. The Hall–Kier alpha value is -3.22. The maximum absolute atomic E-state index is 12.9. The lowest BCUT2D eigenvalue weighted by atomic mass is 9.85. The molecule has 7 heteroatoms. The first kappa shape index (κ1) is 19.7. The number of rotatable bonds is 5. The Morgan fingerprint density at radius 2 is 1.84 bits per heavy atom. The fourth-order valence-electron chi connectivity index (χ4n) is 5.56. The average Bonchev–Trinajstić information content (AvgIpc) is 3.49. The van der Waals surface area contributed by atoms with Crippen LogP contribution in [0.3, 0.4) is 0 Å². The normalized spacial score (nSPS) is 27.6. The maximum atomic E-state index is 12.9. The van der Waals surface area contributed by atoms with Crippen molar-refractivity contribution in [2.24, 2.45) is 28.8 Å². The van der Waals surface area contributed by atoms with Crippen molar-refractivity contribution in [2.75, 3.05) is 6.61 Å².